The van der Waals surface area contributed by atoms with Crippen LogP contribution in [-0.2, 0) is 26.2 Å². The summed E-state index contributed by atoms with van der Waals surface area (Å²) in [6.07, 6.45) is 21.5. The zero-order valence-corrected chi connectivity index (χ0v) is 15.7. The molecule has 2 rings (SSSR count). The van der Waals surface area contributed by atoms with Gasteiger partial charge < -0.3 is 4.80 Å². The number of hydrogen-bond donors (Lipinski definition) is 1. The molecule has 0 aromatic carbocycles. The Hall–Kier alpha value is 0.670. The molecule has 0 aliphatic heterocycles. The Morgan fingerprint density at radius 2 is 0.842 bits per heavy atom. The Labute approximate surface area is 142 Å². The van der Waals surface area contributed by atoms with Crippen LogP contribution in [0.5, 0.6) is 0 Å². The van der Waals surface area contributed by atoms with Crippen molar-refractivity contribution in [3.05, 3.63) is 83.8 Å². The van der Waals surface area contributed by atoms with Gasteiger partial charge in [0, 0.05) is 0 Å². The minimum absolute atomic E-state index is 0. The zero-order chi connectivity index (χ0) is 14.3. The van der Waals surface area contributed by atoms with Gasteiger partial charge in [0.25, 0.3) is 0 Å². The van der Waals surface area contributed by atoms with E-state index in [9.17, 15) is 0 Å². The molecule has 0 unspecified atom stereocenters. The van der Waals surface area contributed by atoms with Crippen molar-refractivity contribution in [2.75, 3.05) is 0 Å². The predicted octanol–water partition coefficient (Wildman–Crippen LogP) is 3.86. The average molecular weight is 353 g/mol. The largest absolute Gasteiger partial charge is 3.00 e. The van der Waals surface area contributed by atoms with Crippen LogP contribution in [0.2, 0.25) is 19.6 Å². The van der Waals surface area contributed by atoms with Crippen LogP contribution in [0.1, 0.15) is 0 Å². The summed E-state index contributed by atoms with van der Waals surface area (Å²) >= 11 is 0. The molecule has 0 aromatic heterocycles. The minimum atomic E-state index is -1.61. The van der Waals surface area contributed by atoms with Crippen LogP contribution in [0, 0.1) is 71.1 Å². The standard InChI is InChI=1S/2C5H5.C3H10OSi.C3H5.Zr/c2*1-2-4-5-3-1;1-5(2,3)4;1-3-2;/h2*1-5H;4H,1-3H3;3H,1-2H2;/q;;;-1;+3. The molecule has 0 aromatic rings. The van der Waals surface area contributed by atoms with Gasteiger partial charge in [0.1, 0.15) is 0 Å². The van der Waals surface area contributed by atoms with Gasteiger partial charge in [-0.15, -0.1) is 0 Å². The maximum atomic E-state index is 8.66. The Balaban J connectivity index is -0.000000180. The Kier molecular flexibility index (Phi) is 24.2. The average Bonchev–Trinajstić information content (AvgIpc) is 2.96. The summed E-state index contributed by atoms with van der Waals surface area (Å²) < 4.78 is 0. The summed E-state index contributed by atoms with van der Waals surface area (Å²) in [5, 5.41) is 0. The van der Waals surface area contributed by atoms with E-state index >= 15 is 0 Å². The molecule has 1 N–H and O–H groups in total. The fraction of sp³-hybridized carbons (Fsp3) is 0.188. The van der Waals surface area contributed by atoms with Gasteiger partial charge in [-0.3, -0.25) is 0 Å². The molecular formula is C16H25OSiZr+2. The van der Waals surface area contributed by atoms with E-state index in [1.165, 1.54) is 6.08 Å². The number of rotatable bonds is 0. The molecule has 2 aliphatic rings. The van der Waals surface area contributed by atoms with Gasteiger partial charge in [0.2, 0.25) is 0 Å². The van der Waals surface area contributed by atoms with Crippen LogP contribution in [0.15, 0.2) is 12.7 Å². The van der Waals surface area contributed by atoms with Crippen LogP contribution < -0.4 is 0 Å². The molecule has 2 aliphatic carbocycles. The topological polar surface area (TPSA) is 20.2 Å². The molecule has 3 heteroatoms. The van der Waals surface area contributed by atoms with Crippen molar-refractivity contribution in [3.8, 4) is 0 Å². The van der Waals surface area contributed by atoms with Crippen LogP contribution in [0.25, 0.3) is 0 Å². The van der Waals surface area contributed by atoms with Gasteiger partial charge in [0.15, 0.2) is 8.32 Å². The summed E-state index contributed by atoms with van der Waals surface area (Å²) in [7, 11) is -1.61. The van der Waals surface area contributed by atoms with Crippen molar-refractivity contribution in [2.24, 2.45) is 0 Å². The normalized spacial score (nSPS) is 16.4. The molecule has 0 saturated heterocycles. The van der Waals surface area contributed by atoms with Crippen molar-refractivity contribution < 1.29 is 31.0 Å². The third kappa shape index (κ3) is 45.6. The number of allylic oxidation sites excluding steroid dienone is 1. The summed E-state index contributed by atoms with van der Waals surface area (Å²) in [6.45, 7) is 12.1. The first-order valence-corrected chi connectivity index (χ1v) is 9.32. The molecule has 2 saturated carbocycles. The molecule has 2 fully saturated rings. The summed E-state index contributed by atoms with van der Waals surface area (Å²) in [4.78, 5) is 8.66. The van der Waals surface area contributed by atoms with E-state index in [0.717, 1.165) is 0 Å². The smallest absolute Gasteiger partial charge is 0.433 e. The van der Waals surface area contributed by atoms with Crippen molar-refractivity contribution in [1.82, 2.24) is 0 Å². The first-order chi connectivity index (χ1) is 8.41. The maximum absolute atomic E-state index is 8.66. The molecule has 0 spiro atoms. The minimum Gasteiger partial charge on any atom is -0.433 e. The molecule has 101 valence electrons. The van der Waals surface area contributed by atoms with Crippen LogP contribution in [0.3, 0.4) is 0 Å². The molecule has 0 bridgehead atoms. The van der Waals surface area contributed by atoms with E-state index in [1.54, 1.807) is 0 Å². The van der Waals surface area contributed by atoms with Gasteiger partial charge in [0.05, 0.1) is 0 Å². The molecule has 11 radical (unpaired) electrons. The fourth-order valence-corrected chi connectivity index (χ4v) is 0.642. The molecule has 0 heterocycles. The van der Waals surface area contributed by atoms with Crippen LogP contribution >= 0.6 is 0 Å². The van der Waals surface area contributed by atoms with E-state index < -0.39 is 8.32 Å². The Bertz CT molecular complexity index is 127. The third-order valence-electron chi connectivity index (χ3n) is 1.11. The summed E-state index contributed by atoms with van der Waals surface area (Å²) in [5.41, 5.74) is 0. The Morgan fingerprint density at radius 3 is 0.895 bits per heavy atom. The summed E-state index contributed by atoms with van der Waals surface area (Å²) in [5.74, 6) is 0. The van der Waals surface area contributed by atoms with Crippen molar-refractivity contribution >= 4 is 8.32 Å². The van der Waals surface area contributed by atoms with Gasteiger partial charge >= 0.3 is 26.2 Å². The maximum Gasteiger partial charge on any atom is 3.00 e. The van der Waals surface area contributed by atoms with Crippen molar-refractivity contribution in [2.45, 2.75) is 19.6 Å². The first-order valence-electron chi connectivity index (χ1n) is 5.87. The van der Waals surface area contributed by atoms with Crippen molar-refractivity contribution in [3.63, 3.8) is 0 Å². The molecular weight excluding hydrogens is 327 g/mol. The van der Waals surface area contributed by atoms with Gasteiger partial charge in [-0.05, 0) is 83.8 Å². The summed E-state index contributed by atoms with van der Waals surface area (Å²) in [6, 6.07) is 0. The third-order valence-corrected chi connectivity index (χ3v) is 1.11. The predicted molar refractivity (Wildman–Crippen MR) is 84.1 cm³/mol. The van der Waals surface area contributed by atoms with Crippen LogP contribution in [0.4, 0.5) is 0 Å². The van der Waals surface area contributed by atoms with E-state index in [0.29, 0.717) is 0 Å². The van der Waals surface area contributed by atoms with E-state index in [-0.39, 0.29) is 26.2 Å². The monoisotopic (exact) mass is 351 g/mol. The zero-order valence-electron chi connectivity index (χ0n) is 12.2. The molecule has 1 nitrogen and oxygen atoms in total. The van der Waals surface area contributed by atoms with E-state index in [4.69, 9.17) is 4.80 Å². The molecule has 0 amide bonds. The van der Waals surface area contributed by atoms with E-state index in [2.05, 4.69) is 13.5 Å². The fourth-order valence-electron chi connectivity index (χ4n) is 0.642. The molecule has 0 atom stereocenters. The SMILES string of the molecule is C=C[CH2-].C[Si](C)(C)O.[CH]1[CH][CH][CH][CH]1.[CH]1[CH][CH][CH][CH]1.[Zr+3]. The number of hydrogen-bond acceptors (Lipinski definition) is 1. The van der Waals surface area contributed by atoms with E-state index in [1.807, 2.05) is 83.8 Å². The second-order valence-corrected chi connectivity index (χ2v) is 8.73. The van der Waals surface area contributed by atoms with Gasteiger partial charge in [-0.2, -0.15) is 0 Å². The Morgan fingerprint density at radius 1 is 0.789 bits per heavy atom. The van der Waals surface area contributed by atoms with Crippen LogP contribution in [-0.4, -0.2) is 13.1 Å². The second kappa shape index (κ2) is 18.7. The van der Waals surface area contributed by atoms with Crippen molar-refractivity contribution in [1.29, 1.82) is 0 Å². The molecule has 19 heavy (non-hydrogen) atoms. The first kappa shape index (κ1) is 24.7. The quantitative estimate of drug-likeness (QED) is 0.518. The van der Waals surface area contributed by atoms with Gasteiger partial charge in [-0.1, -0.05) is 0 Å². The second-order valence-electron chi connectivity index (χ2n) is 4.38. The van der Waals surface area contributed by atoms with Gasteiger partial charge in [-0.25, -0.2) is 19.6 Å².